The molecule has 1 aliphatic rings. The first kappa shape index (κ1) is 18.7. The lowest BCUT2D eigenvalue weighted by atomic mass is 9.97. The second kappa shape index (κ2) is 8.43. The molecule has 6 nitrogen and oxygen atoms in total. The number of halogens is 1. The van der Waals surface area contributed by atoms with E-state index in [0.29, 0.717) is 43.4 Å². The van der Waals surface area contributed by atoms with Gasteiger partial charge in [0.05, 0.1) is 4.34 Å². The molecule has 1 N–H and O–H groups in total. The molecule has 2 heterocycles. The number of piperidine rings is 1. The Balaban J connectivity index is 1.85. The lowest BCUT2D eigenvalue weighted by Crippen LogP contribution is -2.43. The predicted molar refractivity (Wildman–Crippen MR) is 90.3 cm³/mol. The average Bonchev–Trinajstić information content (AvgIpc) is 2.99. The Morgan fingerprint density at radius 3 is 2.70 bits per heavy atom. The zero-order valence-corrected chi connectivity index (χ0v) is 15.3. The van der Waals surface area contributed by atoms with Gasteiger partial charge in [-0.1, -0.05) is 11.6 Å². The van der Waals surface area contributed by atoms with Crippen LogP contribution in [0.3, 0.4) is 0 Å². The van der Waals surface area contributed by atoms with Gasteiger partial charge < -0.3 is 10.1 Å². The van der Waals surface area contributed by atoms with Crippen LogP contribution in [0.15, 0.2) is 16.3 Å². The van der Waals surface area contributed by atoms with Gasteiger partial charge in [-0.15, -0.1) is 11.3 Å². The first-order valence-corrected chi connectivity index (χ1v) is 10.1. The summed E-state index contributed by atoms with van der Waals surface area (Å²) >= 11 is 6.87. The fraction of sp³-hybridized carbons (Fsp3) is 0.643. The number of carbonyl (C=O) groups excluding carboxylic acids is 1. The minimum Gasteiger partial charge on any atom is -0.385 e. The maximum atomic E-state index is 12.5. The van der Waals surface area contributed by atoms with E-state index in [1.165, 1.54) is 10.4 Å². The third kappa shape index (κ3) is 4.90. The first-order chi connectivity index (χ1) is 10.9. The quantitative estimate of drug-likeness (QED) is 0.733. The van der Waals surface area contributed by atoms with Crippen LogP contribution in [0.4, 0.5) is 0 Å². The number of ether oxygens (including phenoxy) is 1. The molecule has 0 unspecified atom stereocenters. The third-order valence-electron chi connectivity index (χ3n) is 3.79. The van der Waals surface area contributed by atoms with Gasteiger partial charge in [0.15, 0.2) is 0 Å². The summed E-state index contributed by atoms with van der Waals surface area (Å²) in [4.78, 5) is 12.1. The number of nitrogens with one attached hydrogen (secondary N) is 1. The van der Waals surface area contributed by atoms with Crippen molar-refractivity contribution in [3.8, 4) is 0 Å². The summed E-state index contributed by atoms with van der Waals surface area (Å²) in [5, 5.41) is 2.87. The monoisotopic (exact) mass is 380 g/mol. The molecule has 130 valence electrons. The van der Waals surface area contributed by atoms with E-state index in [1.54, 1.807) is 13.2 Å². The molecular weight excluding hydrogens is 360 g/mol. The van der Waals surface area contributed by atoms with Gasteiger partial charge in [-0.05, 0) is 31.4 Å². The van der Waals surface area contributed by atoms with Gasteiger partial charge in [0.1, 0.15) is 4.21 Å². The number of sulfonamides is 1. The van der Waals surface area contributed by atoms with E-state index in [9.17, 15) is 13.2 Å². The molecule has 0 saturated carbocycles. The Kier molecular flexibility index (Phi) is 6.84. The number of nitrogens with zero attached hydrogens (tertiary/aromatic N) is 1. The SMILES string of the molecule is COCCCNC(=O)C1CCN(S(=O)(=O)c2ccc(Cl)s2)CC1. The molecule has 0 spiro atoms. The fourth-order valence-corrected chi connectivity index (χ4v) is 5.60. The van der Waals surface area contributed by atoms with Gasteiger partial charge in [-0.3, -0.25) is 4.79 Å². The molecule has 0 aromatic carbocycles. The van der Waals surface area contributed by atoms with Crippen LogP contribution in [0.25, 0.3) is 0 Å². The van der Waals surface area contributed by atoms with Crippen molar-refractivity contribution in [3.05, 3.63) is 16.5 Å². The van der Waals surface area contributed by atoms with Crippen LogP contribution in [0, 0.1) is 5.92 Å². The highest BCUT2D eigenvalue weighted by Crippen LogP contribution is 2.30. The van der Waals surface area contributed by atoms with Crippen LogP contribution in [0.5, 0.6) is 0 Å². The molecule has 1 aromatic rings. The van der Waals surface area contributed by atoms with Crippen LogP contribution in [-0.2, 0) is 19.6 Å². The number of hydrogen-bond acceptors (Lipinski definition) is 5. The maximum absolute atomic E-state index is 12.5. The van der Waals surface area contributed by atoms with Crippen molar-refractivity contribution >= 4 is 38.9 Å². The Bertz CT molecular complexity index is 624. The Morgan fingerprint density at radius 1 is 1.43 bits per heavy atom. The van der Waals surface area contributed by atoms with Gasteiger partial charge in [0.25, 0.3) is 10.0 Å². The molecule has 2 rings (SSSR count). The van der Waals surface area contributed by atoms with Crippen LogP contribution in [0.1, 0.15) is 19.3 Å². The lowest BCUT2D eigenvalue weighted by molar-refractivity contribution is -0.126. The molecule has 1 aromatic heterocycles. The summed E-state index contributed by atoms with van der Waals surface area (Å²) in [6.07, 6.45) is 1.84. The van der Waals surface area contributed by atoms with Crippen molar-refractivity contribution in [1.29, 1.82) is 0 Å². The number of rotatable bonds is 7. The molecule has 9 heteroatoms. The van der Waals surface area contributed by atoms with Gasteiger partial charge in [-0.25, -0.2) is 8.42 Å². The minimum absolute atomic E-state index is 0.00248. The molecular formula is C14H21ClN2O4S2. The Labute approximate surface area is 145 Å². The van der Waals surface area contributed by atoms with E-state index >= 15 is 0 Å². The van der Waals surface area contributed by atoms with Crippen molar-refractivity contribution in [2.24, 2.45) is 5.92 Å². The van der Waals surface area contributed by atoms with E-state index in [4.69, 9.17) is 16.3 Å². The van der Waals surface area contributed by atoms with Crippen LogP contribution < -0.4 is 5.32 Å². The zero-order valence-electron chi connectivity index (χ0n) is 13.0. The molecule has 0 bridgehead atoms. The first-order valence-electron chi connectivity index (χ1n) is 7.47. The van der Waals surface area contributed by atoms with Crippen molar-refractivity contribution in [3.63, 3.8) is 0 Å². The van der Waals surface area contributed by atoms with Crippen molar-refractivity contribution in [2.75, 3.05) is 33.4 Å². The van der Waals surface area contributed by atoms with E-state index in [1.807, 2.05) is 0 Å². The van der Waals surface area contributed by atoms with Gasteiger partial charge in [0, 0.05) is 39.3 Å². The second-order valence-electron chi connectivity index (χ2n) is 5.37. The predicted octanol–water partition coefficient (Wildman–Crippen LogP) is 1.95. The largest absolute Gasteiger partial charge is 0.385 e. The summed E-state index contributed by atoms with van der Waals surface area (Å²) in [6, 6.07) is 3.11. The molecule has 0 aliphatic carbocycles. The highest BCUT2D eigenvalue weighted by atomic mass is 35.5. The van der Waals surface area contributed by atoms with E-state index in [2.05, 4.69) is 5.32 Å². The normalized spacial score (nSPS) is 17.3. The van der Waals surface area contributed by atoms with Gasteiger partial charge in [0.2, 0.25) is 5.91 Å². The average molecular weight is 381 g/mol. The Morgan fingerprint density at radius 2 is 2.13 bits per heavy atom. The molecule has 1 amide bonds. The topological polar surface area (TPSA) is 75.7 Å². The summed E-state index contributed by atoms with van der Waals surface area (Å²) < 4.78 is 32.0. The smallest absolute Gasteiger partial charge is 0.252 e. The van der Waals surface area contributed by atoms with E-state index < -0.39 is 10.0 Å². The number of amides is 1. The van der Waals surface area contributed by atoms with Gasteiger partial charge in [-0.2, -0.15) is 4.31 Å². The standard InChI is InChI=1S/C14H21ClN2O4S2/c1-21-10-2-7-16-14(18)11-5-8-17(9-6-11)23(19,20)13-4-3-12(15)22-13/h3-4,11H,2,5-10H2,1H3,(H,16,18). The maximum Gasteiger partial charge on any atom is 0.252 e. The highest BCUT2D eigenvalue weighted by molar-refractivity contribution is 7.91. The molecule has 1 saturated heterocycles. The van der Waals surface area contributed by atoms with Gasteiger partial charge >= 0.3 is 0 Å². The number of hydrogen-bond donors (Lipinski definition) is 1. The van der Waals surface area contributed by atoms with Crippen molar-refractivity contribution in [1.82, 2.24) is 9.62 Å². The van der Waals surface area contributed by atoms with E-state index in [-0.39, 0.29) is 16.0 Å². The summed E-state index contributed by atoms with van der Waals surface area (Å²) in [5.41, 5.74) is 0. The van der Waals surface area contributed by atoms with Crippen LogP contribution in [-0.4, -0.2) is 52.0 Å². The summed E-state index contributed by atoms with van der Waals surface area (Å²) in [6.45, 7) is 1.90. The summed E-state index contributed by atoms with van der Waals surface area (Å²) in [7, 11) is -1.87. The third-order valence-corrected chi connectivity index (χ3v) is 7.39. The van der Waals surface area contributed by atoms with Crippen molar-refractivity contribution in [2.45, 2.75) is 23.5 Å². The minimum atomic E-state index is -3.50. The van der Waals surface area contributed by atoms with Crippen LogP contribution >= 0.6 is 22.9 Å². The number of carbonyl (C=O) groups is 1. The lowest BCUT2D eigenvalue weighted by Gasteiger charge is -2.30. The summed E-state index contributed by atoms with van der Waals surface area (Å²) in [5.74, 6) is -0.131. The molecule has 0 radical (unpaired) electrons. The second-order valence-corrected chi connectivity index (χ2v) is 9.25. The number of thiophene rings is 1. The molecule has 23 heavy (non-hydrogen) atoms. The molecule has 1 aliphatic heterocycles. The zero-order chi connectivity index (χ0) is 16.9. The Hall–Kier alpha value is -0.670. The number of methoxy groups -OCH3 is 1. The highest BCUT2D eigenvalue weighted by Gasteiger charge is 2.32. The van der Waals surface area contributed by atoms with Crippen LogP contribution in [0.2, 0.25) is 4.34 Å². The molecule has 0 atom stereocenters. The molecule has 1 fully saturated rings. The van der Waals surface area contributed by atoms with E-state index in [0.717, 1.165) is 17.8 Å². The fourth-order valence-electron chi connectivity index (χ4n) is 2.49. The van der Waals surface area contributed by atoms with Crippen molar-refractivity contribution < 1.29 is 17.9 Å².